The van der Waals surface area contributed by atoms with Crippen LogP contribution in [0, 0.1) is 9.39 Å². The standard InChI is InChI=1S/C14H10ClFINO2/c15-12-6-9(16)4-5-13(12)20-8-14(19)18-11-3-1-2-10(17)7-11/h1-7H,8H2,(H,18,19). The average Bonchev–Trinajstić information content (AvgIpc) is 2.37. The number of benzene rings is 2. The highest BCUT2D eigenvalue weighted by atomic mass is 127. The van der Waals surface area contributed by atoms with E-state index in [1.165, 1.54) is 12.1 Å². The minimum Gasteiger partial charge on any atom is -0.482 e. The molecule has 2 aromatic carbocycles. The Morgan fingerprint density at radius 1 is 1.30 bits per heavy atom. The molecule has 0 atom stereocenters. The van der Waals surface area contributed by atoms with Crippen molar-refractivity contribution >= 4 is 45.8 Å². The van der Waals surface area contributed by atoms with Crippen molar-refractivity contribution in [3.63, 3.8) is 0 Å². The fourth-order valence-electron chi connectivity index (χ4n) is 1.50. The molecule has 1 N–H and O–H groups in total. The zero-order chi connectivity index (χ0) is 14.5. The highest BCUT2D eigenvalue weighted by Gasteiger charge is 2.07. The highest BCUT2D eigenvalue weighted by Crippen LogP contribution is 2.24. The maximum atomic E-state index is 12.9. The maximum Gasteiger partial charge on any atom is 0.262 e. The molecule has 0 radical (unpaired) electrons. The molecule has 0 fully saturated rings. The van der Waals surface area contributed by atoms with E-state index in [9.17, 15) is 9.18 Å². The maximum absolute atomic E-state index is 12.9. The van der Waals surface area contributed by atoms with E-state index < -0.39 is 5.82 Å². The monoisotopic (exact) mass is 405 g/mol. The van der Waals surface area contributed by atoms with Crippen LogP contribution < -0.4 is 10.1 Å². The van der Waals surface area contributed by atoms with Crippen LogP contribution in [0.4, 0.5) is 10.1 Å². The average molecular weight is 406 g/mol. The fraction of sp³-hybridized carbons (Fsp3) is 0.0714. The van der Waals surface area contributed by atoms with E-state index in [0.29, 0.717) is 5.69 Å². The van der Waals surface area contributed by atoms with E-state index in [-0.39, 0.29) is 23.3 Å². The summed E-state index contributed by atoms with van der Waals surface area (Å²) in [6.45, 7) is -0.198. The summed E-state index contributed by atoms with van der Waals surface area (Å²) in [6, 6.07) is 11.1. The van der Waals surface area contributed by atoms with Gasteiger partial charge < -0.3 is 10.1 Å². The summed E-state index contributed by atoms with van der Waals surface area (Å²) in [5.41, 5.74) is 0.690. The van der Waals surface area contributed by atoms with Crippen molar-refractivity contribution in [2.45, 2.75) is 0 Å². The number of rotatable bonds is 4. The molecule has 0 saturated heterocycles. The lowest BCUT2D eigenvalue weighted by atomic mass is 10.3. The largest absolute Gasteiger partial charge is 0.482 e. The molecule has 2 aromatic rings. The molecule has 0 aliphatic heterocycles. The summed E-state index contributed by atoms with van der Waals surface area (Å²) in [6.07, 6.45) is 0. The third-order valence-electron chi connectivity index (χ3n) is 2.36. The number of carbonyl (C=O) groups excluding carboxylic acids is 1. The molecule has 0 aliphatic rings. The van der Waals surface area contributed by atoms with E-state index in [1.807, 2.05) is 18.2 Å². The van der Waals surface area contributed by atoms with Gasteiger partial charge in [-0.05, 0) is 59.0 Å². The molecule has 2 rings (SSSR count). The molecular weight excluding hydrogens is 396 g/mol. The topological polar surface area (TPSA) is 38.3 Å². The zero-order valence-electron chi connectivity index (χ0n) is 10.2. The number of hydrogen-bond donors (Lipinski definition) is 1. The van der Waals surface area contributed by atoms with Gasteiger partial charge in [0.2, 0.25) is 0 Å². The van der Waals surface area contributed by atoms with Crippen LogP contribution in [0.1, 0.15) is 0 Å². The first-order chi connectivity index (χ1) is 9.54. The lowest BCUT2D eigenvalue weighted by Gasteiger charge is -2.09. The number of ether oxygens (including phenoxy) is 1. The van der Waals surface area contributed by atoms with Crippen molar-refractivity contribution in [2.24, 2.45) is 0 Å². The summed E-state index contributed by atoms with van der Waals surface area (Å²) in [5.74, 6) is -0.496. The second-order valence-electron chi connectivity index (χ2n) is 3.92. The minimum atomic E-state index is -0.453. The van der Waals surface area contributed by atoms with Crippen molar-refractivity contribution in [3.05, 3.63) is 56.9 Å². The van der Waals surface area contributed by atoms with Crippen molar-refractivity contribution < 1.29 is 13.9 Å². The van der Waals surface area contributed by atoms with Gasteiger partial charge in [0.05, 0.1) is 5.02 Å². The third-order valence-corrected chi connectivity index (χ3v) is 3.33. The van der Waals surface area contributed by atoms with Gasteiger partial charge in [-0.1, -0.05) is 17.7 Å². The van der Waals surface area contributed by atoms with Crippen LogP contribution in [0.15, 0.2) is 42.5 Å². The predicted molar refractivity (Wildman–Crippen MR) is 84.7 cm³/mol. The van der Waals surface area contributed by atoms with Gasteiger partial charge in [-0.3, -0.25) is 4.79 Å². The van der Waals surface area contributed by atoms with Gasteiger partial charge in [0.25, 0.3) is 5.91 Å². The lowest BCUT2D eigenvalue weighted by molar-refractivity contribution is -0.118. The molecule has 0 aliphatic carbocycles. The van der Waals surface area contributed by atoms with Gasteiger partial charge in [0, 0.05) is 9.26 Å². The first kappa shape index (κ1) is 15.1. The molecule has 1 amide bonds. The molecular formula is C14H10ClFINO2. The van der Waals surface area contributed by atoms with Crippen molar-refractivity contribution in [1.29, 1.82) is 0 Å². The van der Waals surface area contributed by atoms with Gasteiger partial charge in [-0.25, -0.2) is 4.39 Å². The molecule has 6 heteroatoms. The molecule has 0 bridgehead atoms. The molecule has 0 heterocycles. The van der Waals surface area contributed by atoms with E-state index in [4.69, 9.17) is 16.3 Å². The Kier molecular flexibility index (Phi) is 5.19. The van der Waals surface area contributed by atoms with Gasteiger partial charge in [0.1, 0.15) is 11.6 Å². The Labute approximate surface area is 134 Å². The molecule has 0 saturated carbocycles. The summed E-state index contributed by atoms with van der Waals surface area (Å²) < 4.78 is 19.1. The fourth-order valence-corrected chi connectivity index (χ4v) is 2.26. The number of halogens is 3. The SMILES string of the molecule is O=C(COc1ccc(F)cc1Cl)Nc1cccc(I)c1. The summed E-state index contributed by atoms with van der Waals surface area (Å²) in [5, 5.41) is 2.83. The second-order valence-corrected chi connectivity index (χ2v) is 5.57. The Bertz CT molecular complexity index is 636. The minimum absolute atomic E-state index is 0.132. The normalized spacial score (nSPS) is 10.2. The van der Waals surface area contributed by atoms with E-state index in [2.05, 4.69) is 27.9 Å². The molecule has 104 valence electrons. The van der Waals surface area contributed by atoms with Gasteiger partial charge in [0.15, 0.2) is 6.61 Å². The van der Waals surface area contributed by atoms with Crippen LogP contribution in [0.3, 0.4) is 0 Å². The molecule has 0 aromatic heterocycles. The Morgan fingerprint density at radius 3 is 2.80 bits per heavy atom. The Hall–Kier alpha value is -1.34. The number of anilines is 1. The van der Waals surface area contributed by atoms with Gasteiger partial charge in [-0.2, -0.15) is 0 Å². The van der Waals surface area contributed by atoms with E-state index >= 15 is 0 Å². The number of amides is 1. The quantitative estimate of drug-likeness (QED) is 0.778. The first-order valence-corrected chi connectivity index (χ1v) is 7.13. The third kappa shape index (κ3) is 4.35. The van der Waals surface area contributed by atoms with Crippen molar-refractivity contribution in [3.8, 4) is 5.75 Å². The van der Waals surface area contributed by atoms with Crippen LogP contribution in [0.2, 0.25) is 5.02 Å². The lowest BCUT2D eigenvalue weighted by Crippen LogP contribution is -2.20. The smallest absolute Gasteiger partial charge is 0.262 e. The number of hydrogen-bond acceptors (Lipinski definition) is 2. The van der Waals surface area contributed by atoms with E-state index in [0.717, 1.165) is 9.64 Å². The second kappa shape index (κ2) is 6.90. The molecule has 0 unspecified atom stereocenters. The molecule has 20 heavy (non-hydrogen) atoms. The summed E-state index contributed by atoms with van der Waals surface area (Å²) in [7, 11) is 0. The Balaban J connectivity index is 1.92. The summed E-state index contributed by atoms with van der Waals surface area (Å²) in [4.78, 5) is 11.7. The number of carbonyl (C=O) groups is 1. The van der Waals surface area contributed by atoms with Gasteiger partial charge in [-0.15, -0.1) is 0 Å². The molecule has 3 nitrogen and oxygen atoms in total. The van der Waals surface area contributed by atoms with Crippen LogP contribution in [-0.2, 0) is 4.79 Å². The van der Waals surface area contributed by atoms with Crippen LogP contribution >= 0.6 is 34.2 Å². The van der Waals surface area contributed by atoms with Crippen LogP contribution in [0.5, 0.6) is 5.75 Å². The van der Waals surface area contributed by atoms with Crippen LogP contribution in [-0.4, -0.2) is 12.5 Å². The first-order valence-electron chi connectivity index (χ1n) is 5.68. The predicted octanol–water partition coefficient (Wildman–Crippen LogP) is 4.10. The van der Waals surface area contributed by atoms with E-state index in [1.54, 1.807) is 6.07 Å². The number of nitrogens with one attached hydrogen (secondary N) is 1. The molecule has 0 spiro atoms. The summed E-state index contributed by atoms with van der Waals surface area (Å²) >= 11 is 7.95. The highest BCUT2D eigenvalue weighted by molar-refractivity contribution is 14.1. The van der Waals surface area contributed by atoms with Crippen molar-refractivity contribution in [1.82, 2.24) is 0 Å². The van der Waals surface area contributed by atoms with Gasteiger partial charge >= 0.3 is 0 Å². The van der Waals surface area contributed by atoms with Crippen LogP contribution in [0.25, 0.3) is 0 Å². The van der Waals surface area contributed by atoms with Crippen molar-refractivity contribution in [2.75, 3.05) is 11.9 Å². The zero-order valence-corrected chi connectivity index (χ0v) is 13.1. The Morgan fingerprint density at radius 2 is 2.10 bits per heavy atom.